The van der Waals surface area contributed by atoms with Gasteiger partial charge in [-0.15, -0.1) is 11.8 Å². The molecule has 2 amide bonds. The minimum Gasteiger partial charge on any atom is -0.481 e. The summed E-state index contributed by atoms with van der Waals surface area (Å²) in [7, 11) is 1.49. The molecule has 0 spiro atoms. The highest BCUT2D eigenvalue weighted by atomic mass is 32.2. The Morgan fingerprint density at radius 1 is 1.19 bits per heavy atom. The second-order valence-electron chi connectivity index (χ2n) is 7.69. The molecular formula is C18H28N2O5S. The minimum atomic E-state index is -1.05. The number of ether oxygens (including phenoxy) is 1. The van der Waals surface area contributed by atoms with Crippen molar-refractivity contribution in [1.29, 1.82) is 0 Å². The van der Waals surface area contributed by atoms with Crippen LogP contribution in [0.5, 0.6) is 0 Å². The van der Waals surface area contributed by atoms with Gasteiger partial charge >= 0.3 is 5.97 Å². The van der Waals surface area contributed by atoms with Gasteiger partial charge in [0, 0.05) is 31.9 Å². The van der Waals surface area contributed by atoms with Gasteiger partial charge in [-0.05, 0) is 25.7 Å². The lowest BCUT2D eigenvalue weighted by atomic mass is 9.80. The smallest absolute Gasteiger partial charge is 0.313 e. The summed E-state index contributed by atoms with van der Waals surface area (Å²) in [4.78, 5) is 41.1. The van der Waals surface area contributed by atoms with Crippen LogP contribution in [0.4, 0.5) is 0 Å². The number of hydrogen-bond donors (Lipinski definition) is 1. The number of amides is 2. The maximum absolute atomic E-state index is 13.1. The van der Waals surface area contributed by atoms with Crippen LogP contribution in [-0.4, -0.2) is 77.2 Å². The van der Waals surface area contributed by atoms with Gasteiger partial charge in [-0.1, -0.05) is 12.8 Å². The summed E-state index contributed by atoms with van der Waals surface area (Å²) in [5.41, 5.74) is -1.05. The number of methoxy groups -OCH3 is 1. The molecule has 3 rings (SSSR count). The molecule has 0 aromatic heterocycles. The molecular weight excluding hydrogens is 356 g/mol. The van der Waals surface area contributed by atoms with Crippen LogP contribution in [0.3, 0.4) is 0 Å². The van der Waals surface area contributed by atoms with Gasteiger partial charge in [-0.3, -0.25) is 14.4 Å². The van der Waals surface area contributed by atoms with Crippen molar-refractivity contribution in [3.05, 3.63) is 0 Å². The zero-order chi connectivity index (χ0) is 18.7. The third-order valence-corrected chi connectivity index (χ3v) is 6.93. The molecule has 1 N–H and O–H groups in total. The van der Waals surface area contributed by atoms with Crippen molar-refractivity contribution in [3.63, 3.8) is 0 Å². The topological polar surface area (TPSA) is 87.2 Å². The van der Waals surface area contributed by atoms with Gasteiger partial charge in [0.25, 0.3) is 0 Å². The number of carboxylic acids is 1. The highest BCUT2D eigenvalue weighted by Gasteiger charge is 2.47. The quantitative estimate of drug-likeness (QED) is 0.771. The van der Waals surface area contributed by atoms with E-state index in [2.05, 4.69) is 0 Å². The van der Waals surface area contributed by atoms with Crippen molar-refractivity contribution in [1.82, 2.24) is 9.80 Å². The molecule has 26 heavy (non-hydrogen) atoms. The highest BCUT2D eigenvalue weighted by molar-refractivity contribution is 7.99. The number of hydrogen-bond acceptors (Lipinski definition) is 5. The number of thioether (sulfide) groups is 1. The van der Waals surface area contributed by atoms with Gasteiger partial charge < -0.3 is 19.6 Å². The average Bonchev–Trinajstić information content (AvgIpc) is 3.32. The lowest BCUT2D eigenvalue weighted by Gasteiger charge is -2.41. The molecule has 0 aromatic carbocycles. The zero-order valence-corrected chi connectivity index (χ0v) is 16.1. The fourth-order valence-electron chi connectivity index (χ4n) is 4.43. The van der Waals surface area contributed by atoms with Gasteiger partial charge in [-0.25, -0.2) is 0 Å². The number of carbonyl (C=O) groups excluding carboxylic acids is 2. The van der Waals surface area contributed by atoms with Crippen LogP contribution in [0.1, 0.15) is 38.5 Å². The van der Waals surface area contributed by atoms with Crippen molar-refractivity contribution in [2.24, 2.45) is 11.3 Å². The molecule has 3 fully saturated rings. The van der Waals surface area contributed by atoms with Gasteiger partial charge in [0.15, 0.2) is 0 Å². The maximum Gasteiger partial charge on any atom is 0.313 e. The summed E-state index contributed by atoms with van der Waals surface area (Å²) in [5.74, 6) is 0.278. The molecule has 2 atom stereocenters. The maximum atomic E-state index is 13.1. The van der Waals surface area contributed by atoms with Crippen LogP contribution >= 0.6 is 11.8 Å². The van der Waals surface area contributed by atoms with E-state index in [0.29, 0.717) is 31.0 Å². The van der Waals surface area contributed by atoms with Crippen LogP contribution in [0.25, 0.3) is 0 Å². The lowest BCUT2D eigenvalue weighted by Crippen LogP contribution is -2.57. The van der Waals surface area contributed by atoms with E-state index in [1.807, 2.05) is 0 Å². The second-order valence-corrected chi connectivity index (χ2v) is 8.69. The summed E-state index contributed by atoms with van der Waals surface area (Å²) in [5, 5.41) is 9.68. The Hall–Kier alpha value is -1.28. The van der Waals surface area contributed by atoms with Crippen LogP contribution in [0.2, 0.25) is 0 Å². The molecule has 2 heterocycles. The molecule has 7 nitrogen and oxygen atoms in total. The number of rotatable bonds is 5. The summed E-state index contributed by atoms with van der Waals surface area (Å²) in [6, 6.07) is -0.458. The van der Waals surface area contributed by atoms with Crippen LogP contribution < -0.4 is 0 Å². The molecule has 0 bridgehead atoms. The summed E-state index contributed by atoms with van der Waals surface area (Å²) < 4.78 is 5.14. The van der Waals surface area contributed by atoms with Gasteiger partial charge in [-0.2, -0.15) is 0 Å². The Labute approximate surface area is 158 Å². The Morgan fingerprint density at radius 3 is 2.58 bits per heavy atom. The summed E-state index contributed by atoms with van der Waals surface area (Å²) in [6.45, 7) is 0.794. The Morgan fingerprint density at radius 2 is 1.92 bits per heavy atom. The zero-order valence-electron chi connectivity index (χ0n) is 15.3. The van der Waals surface area contributed by atoms with E-state index in [9.17, 15) is 19.5 Å². The molecule has 2 unspecified atom stereocenters. The third-order valence-electron chi connectivity index (χ3n) is 5.92. The largest absolute Gasteiger partial charge is 0.481 e. The molecule has 1 aliphatic carbocycles. The van der Waals surface area contributed by atoms with Crippen LogP contribution in [-0.2, 0) is 19.1 Å². The van der Waals surface area contributed by atoms with E-state index in [0.717, 1.165) is 25.7 Å². The van der Waals surface area contributed by atoms with E-state index in [1.54, 1.807) is 21.6 Å². The van der Waals surface area contributed by atoms with E-state index < -0.39 is 17.4 Å². The molecule has 2 aliphatic heterocycles. The number of piperidine rings is 1. The van der Waals surface area contributed by atoms with Crippen molar-refractivity contribution in [2.45, 2.75) is 44.6 Å². The monoisotopic (exact) mass is 384 g/mol. The second kappa shape index (κ2) is 8.17. The van der Waals surface area contributed by atoms with Crippen LogP contribution in [0, 0.1) is 11.3 Å². The van der Waals surface area contributed by atoms with E-state index in [1.165, 1.54) is 7.11 Å². The Kier molecular flexibility index (Phi) is 6.12. The SMILES string of the molecule is COCC1(C(=O)O)CCCN(C(=O)C2CSCN2C(=O)C2CCCC2)C1. The predicted octanol–water partition coefficient (Wildman–Crippen LogP) is 1.42. The molecule has 3 aliphatic rings. The highest BCUT2D eigenvalue weighted by Crippen LogP contribution is 2.34. The van der Waals surface area contributed by atoms with E-state index in [4.69, 9.17) is 4.74 Å². The van der Waals surface area contributed by atoms with Crippen molar-refractivity contribution in [2.75, 3.05) is 38.4 Å². The number of aliphatic carboxylic acids is 1. The first-order valence-corrected chi connectivity index (χ1v) is 10.5. The number of carboxylic acid groups (broad SMARTS) is 1. The Bertz CT molecular complexity index is 562. The molecule has 1 saturated carbocycles. The summed E-state index contributed by atoms with van der Waals surface area (Å²) >= 11 is 1.60. The third kappa shape index (κ3) is 3.71. The molecule has 0 aromatic rings. The lowest BCUT2D eigenvalue weighted by molar-refractivity contribution is -0.161. The standard InChI is InChI=1S/C18H28N2O5S/c1-25-11-18(17(23)24)7-4-8-19(10-18)16(22)14-9-26-12-20(14)15(21)13-5-2-3-6-13/h13-14H,2-12H2,1H3,(H,23,24). The van der Waals surface area contributed by atoms with E-state index in [-0.39, 0.29) is 30.9 Å². The first-order valence-electron chi connectivity index (χ1n) is 9.38. The molecule has 8 heteroatoms. The van der Waals surface area contributed by atoms with Crippen molar-refractivity contribution in [3.8, 4) is 0 Å². The molecule has 2 saturated heterocycles. The van der Waals surface area contributed by atoms with Gasteiger partial charge in [0.05, 0.1) is 12.5 Å². The van der Waals surface area contributed by atoms with Crippen LogP contribution in [0.15, 0.2) is 0 Å². The number of likely N-dealkylation sites (tertiary alicyclic amines) is 1. The van der Waals surface area contributed by atoms with Crippen molar-refractivity contribution < 1.29 is 24.2 Å². The van der Waals surface area contributed by atoms with E-state index >= 15 is 0 Å². The molecule has 0 radical (unpaired) electrons. The molecule has 146 valence electrons. The summed E-state index contributed by atoms with van der Waals surface area (Å²) in [6.07, 6.45) is 5.14. The number of carbonyl (C=O) groups is 3. The number of nitrogens with zero attached hydrogens (tertiary/aromatic N) is 2. The van der Waals surface area contributed by atoms with Crippen molar-refractivity contribution >= 4 is 29.5 Å². The van der Waals surface area contributed by atoms with Gasteiger partial charge in [0.2, 0.25) is 11.8 Å². The minimum absolute atomic E-state index is 0.0527. The normalized spacial score (nSPS) is 30.0. The fraction of sp³-hybridized carbons (Fsp3) is 0.833. The van der Waals surface area contributed by atoms with Gasteiger partial charge in [0.1, 0.15) is 11.5 Å². The fourth-order valence-corrected chi connectivity index (χ4v) is 5.59. The Balaban J connectivity index is 1.70. The predicted molar refractivity (Wildman–Crippen MR) is 97.7 cm³/mol. The first kappa shape index (κ1) is 19.5. The first-order chi connectivity index (χ1) is 12.5. The average molecular weight is 384 g/mol.